The lowest BCUT2D eigenvalue weighted by Crippen LogP contribution is -2.23. The van der Waals surface area contributed by atoms with E-state index < -0.39 is 5.91 Å². The molecule has 1 heterocycles. The molecule has 0 saturated heterocycles. The maximum absolute atomic E-state index is 12.3. The van der Waals surface area contributed by atoms with E-state index in [1.54, 1.807) is 29.5 Å². The predicted octanol–water partition coefficient (Wildman–Crippen LogP) is 1.56. The summed E-state index contributed by atoms with van der Waals surface area (Å²) < 4.78 is 10.4. The van der Waals surface area contributed by atoms with Crippen LogP contribution in [0.4, 0.5) is 0 Å². The molecule has 0 atom stereocenters. The van der Waals surface area contributed by atoms with Gasteiger partial charge in [0.2, 0.25) is 0 Å². The number of aromatic nitrogens is 1. The summed E-state index contributed by atoms with van der Waals surface area (Å²) >= 11 is 1.56. The highest BCUT2D eigenvalue weighted by Crippen LogP contribution is 2.28. The molecule has 128 valence electrons. The van der Waals surface area contributed by atoms with Crippen LogP contribution < -0.4 is 20.5 Å². The summed E-state index contributed by atoms with van der Waals surface area (Å²) in [6, 6.07) is 4.72. The van der Waals surface area contributed by atoms with Crippen molar-refractivity contribution in [3.63, 3.8) is 0 Å². The molecule has 0 spiro atoms. The lowest BCUT2D eigenvalue weighted by Gasteiger charge is -2.11. The van der Waals surface area contributed by atoms with Crippen LogP contribution in [0.5, 0.6) is 11.5 Å². The van der Waals surface area contributed by atoms with Crippen molar-refractivity contribution in [2.24, 2.45) is 5.73 Å². The molecule has 2 aromatic rings. The number of nitrogens with zero attached hydrogens (tertiary/aromatic N) is 1. The molecule has 2 rings (SSSR count). The van der Waals surface area contributed by atoms with Gasteiger partial charge in [0.25, 0.3) is 11.8 Å². The van der Waals surface area contributed by atoms with Crippen molar-refractivity contribution in [3.05, 3.63) is 39.3 Å². The monoisotopic (exact) mass is 349 g/mol. The molecule has 0 aliphatic heterocycles. The maximum Gasteiger partial charge on any atom is 0.255 e. The molecule has 0 unspecified atom stereocenters. The summed E-state index contributed by atoms with van der Waals surface area (Å²) in [5.74, 6) is -0.121. The molecule has 3 N–H and O–H groups in total. The Labute approximate surface area is 143 Å². The van der Waals surface area contributed by atoms with Crippen LogP contribution >= 0.6 is 11.3 Å². The van der Waals surface area contributed by atoms with Crippen molar-refractivity contribution in [2.45, 2.75) is 20.4 Å². The average Bonchev–Trinajstić information content (AvgIpc) is 2.87. The number of carbonyl (C=O) groups is 2. The van der Waals surface area contributed by atoms with Crippen LogP contribution in [-0.2, 0) is 11.3 Å². The fourth-order valence-corrected chi connectivity index (χ4v) is 2.95. The fourth-order valence-electron chi connectivity index (χ4n) is 2.08. The van der Waals surface area contributed by atoms with E-state index in [2.05, 4.69) is 10.3 Å². The van der Waals surface area contributed by atoms with Gasteiger partial charge < -0.3 is 20.5 Å². The first-order chi connectivity index (χ1) is 11.4. The summed E-state index contributed by atoms with van der Waals surface area (Å²) in [6.07, 6.45) is 0. The van der Waals surface area contributed by atoms with Gasteiger partial charge in [0.05, 0.1) is 24.4 Å². The van der Waals surface area contributed by atoms with E-state index in [1.165, 1.54) is 7.11 Å². The zero-order valence-corrected chi connectivity index (χ0v) is 14.5. The first-order valence-electron chi connectivity index (χ1n) is 7.21. The van der Waals surface area contributed by atoms with Gasteiger partial charge in [-0.1, -0.05) is 0 Å². The van der Waals surface area contributed by atoms with E-state index in [1.807, 2.05) is 13.8 Å². The quantitative estimate of drug-likeness (QED) is 0.789. The summed E-state index contributed by atoms with van der Waals surface area (Å²) in [4.78, 5) is 28.4. The Kier molecular flexibility index (Phi) is 5.75. The number of methoxy groups -OCH3 is 1. The Hall–Kier alpha value is -2.61. The second-order valence-corrected chi connectivity index (χ2v) is 6.33. The minimum atomic E-state index is -0.589. The van der Waals surface area contributed by atoms with E-state index in [0.717, 1.165) is 15.6 Å². The van der Waals surface area contributed by atoms with Gasteiger partial charge in [0.15, 0.2) is 18.1 Å². The number of nitrogens with one attached hydrogen (secondary N) is 1. The SMILES string of the molecule is COc1cc(C(=O)NCc2sc(C)nc2C)ccc1OCC(N)=O. The number of primary amides is 1. The molecule has 0 aliphatic rings. The molecule has 8 heteroatoms. The number of thiazole rings is 1. The third-order valence-corrected chi connectivity index (χ3v) is 4.28. The molecule has 7 nitrogen and oxygen atoms in total. The zero-order valence-electron chi connectivity index (χ0n) is 13.7. The summed E-state index contributed by atoms with van der Waals surface area (Å²) in [7, 11) is 1.46. The van der Waals surface area contributed by atoms with Crippen LogP contribution in [-0.4, -0.2) is 30.5 Å². The van der Waals surface area contributed by atoms with Gasteiger partial charge in [-0.05, 0) is 32.0 Å². The van der Waals surface area contributed by atoms with Gasteiger partial charge in [-0.2, -0.15) is 0 Å². The van der Waals surface area contributed by atoms with Gasteiger partial charge in [-0.3, -0.25) is 9.59 Å². The second kappa shape index (κ2) is 7.78. The lowest BCUT2D eigenvalue weighted by atomic mass is 10.2. The summed E-state index contributed by atoms with van der Waals surface area (Å²) in [5.41, 5.74) is 6.40. The highest BCUT2D eigenvalue weighted by molar-refractivity contribution is 7.11. The van der Waals surface area contributed by atoms with Crippen LogP contribution in [0.15, 0.2) is 18.2 Å². The Balaban J connectivity index is 2.06. The van der Waals surface area contributed by atoms with Gasteiger partial charge in [-0.15, -0.1) is 11.3 Å². The van der Waals surface area contributed by atoms with Gasteiger partial charge in [0, 0.05) is 10.4 Å². The molecule has 0 bridgehead atoms. The number of hydrogen-bond acceptors (Lipinski definition) is 6. The largest absolute Gasteiger partial charge is 0.493 e. The zero-order chi connectivity index (χ0) is 17.7. The van der Waals surface area contributed by atoms with Crippen molar-refractivity contribution in [2.75, 3.05) is 13.7 Å². The highest BCUT2D eigenvalue weighted by atomic mass is 32.1. The molecule has 1 aromatic heterocycles. The highest BCUT2D eigenvalue weighted by Gasteiger charge is 2.13. The van der Waals surface area contributed by atoms with E-state index in [0.29, 0.717) is 23.6 Å². The normalized spacial score (nSPS) is 10.3. The van der Waals surface area contributed by atoms with Crippen molar-refractivity contribution in [3.8, 4) is 11.5 Å². The molecule has 24 heavy (non-hydrogen) atoms. The van der Waals surface area contributed by atoms with Gasteiger partial charge in [0.1, 0.15) is 0 Å². The van der Waals surface area contributed by atoms with Crippen LogP contribution in [0.2, 0.25) is 0 Å². The second-order valence-electron chi connectivity index (χ2n) is 5.04. The number of ether oxygens (including phenoxy) is 2. The van der Waals surface area contributed by atoms with Crippen molar-refractivity contribution >= 4 is 23.2 Å². The topological polar surface area (TPSA) is 104 Å². The standard InChI is InChI=1S/C16H19N3O4S/c1-9-14(24-10(2)19-9)7-18-16(21)11-4-5-12(13(6-11)22-3)23-8-15(17)20/h4-6H,7-8H2,1-3H3,(H2,17,20)(H,18,21). The Bertz CT molecular complexity index is 758. The first kappa shape index (κ1) is 17.7. The fraction of sp³-hybridized carbons (Fsp3) is 0.312. The smallest absolute Gasteiger partial charge is 0.255 e. The van der Waals surface area contributed by atoms with Crippen LogP contribution in [0, 0.1) is 13.8 Å². The van der Waals surface area contributed by atoms with E-state index >= 15 is 0 Å². The van der Waals surface area contributed by atoms with Crippen molar-refractivity contribution in [1.82, 2.24) is 10.3 Å². The Morgan fingerprint density at radius 1 is 1.29 bits per heavy atom. The third-order valence-electron chi connectivity index (χ3n) is 3.20. The Morgan fingerprint density at radius 3 is 2.62 bits per heavy atom. The third kappa shape index (κ3) is 4.45. The molecule has 0 radical (unpaired) electrons. The predicted molar refractivity (Wildman–Crippen MR) is 90.4 cm³/mol. The Morgan fingerprint density at radius 2 is 2.04 bits per heavy atom. The number of amides is 2. The van der Waals surface area contributed by atoms with Crippen LogP contribution in [0.25, 0.3) is 0 Å². The number of hydrogen-bond donors (Lipinski definition) is 2. The van der Waals surface area contributed by atoms with E-state index in [-0.39, 0.29) is 12.5 Å². The minimum Gasteiger partial charge on any atom is -0.493 e. The average molecular weight is 349 g/mol. The van der Waals surface area contributed by atoms with Crippen LogP contribution in [0.3, 0.4) is 0 Å². The minimum absolute atomic E-state index is 0.236. The first-order valence-corrected chi connectivity index (χ1v) is 8.02. The van der Waals surface area contributed by atoms with Gasteiger partial charge in [-0.25, -0.2) is 4.98 Å². The molecular formula is C16H19N3O4S. The van der Waals surface area contributed by atoms with Crippen LogP contribution in [0.1, 0.15) is 25.9 Å². The lowest BCUT2D eigenvalue weighted by molar-refractivity contribution is -0.119. The maximum atomic E-state index is 12.3. The van der Waals surface area contributed by atoms with Gasteiger partial charge >= 0.3 is 0 Å². The number of aryl methyl sites for hydroxylation is 2. The number of benzene rings is 1. The molecule has 0 aliphatic carbocycles. The molecule has 1 aromatic carbocycles. The van der Waals surface area contributed by atoms with Crippen molar-refractivity contribution in [1.29, 1.82) is 0 Å². The number of carbonyl (C=O) groups excluding carboxylic acids is 2. The summed E-state index contributed by atoms with van der Waals surface area (Å²) in [6.45, 7) is 4.00. The summed E-state index contributed by atoms with van der Waals surface area (Å²) in [5, 5.41) is 3.82. The molecule has 0 fully saturated rings. The molecular weight excluding hydrogens is 330 g/mol. The molecule has 2 amide bonds. The van der Waals surface area contributed by atoms with E-state index in [9.17, 15) is 9.59 Å². The number of rotatable bonds is 7. The molecule has 0 saturated carbocycles. The number of nitrogens with two attached hydrogens (primary N) is 1. The van der Waals surface area contributed by atoms with E-state index in [4.69, 9.17) is 15.2 Å². The van der Waals surface area contributed by atoms with Crippen molar-refractivity contribution < 1.29 is 19.1 Å².